The van der Waals surface area contributed by atoms with Crippen molar-refractivity contribution in [3.63, 3.8) is 0 Å². The monoisotopic (exact) mass is 399 g/mol. The molecule has 12 heteroatoms. The van der Waals surface area contributed by atoms with Crippen LogP contribution in [0.15, 0.2) is 35.2 Å². The summed E-state index contributed by atoms with van der Waals surface area (Å²) in [6, 6.07) is 2.30. The van der Waals surface area contributed by atoms with Crippen LogP contribution in [-0.4, -0.2) is 24.6 Å². The van der Waals surface area contributed by atoms with E-state index in [4.69, 9.17) is 4.42 Å². The summed E-state index contributed by atoms with van der Waals surface area (Å²) in [6.07, 6.45) is -4.86. The quantitative estimate of drug-likeness (QED) is 0.465. The maximum atomic E-state index is 13.3. The van der Waals surface area contributed by atoms with Gasteiger partial charge in [-0.25, -0.2) is 9.97 Å². The van der Waals surface area contributed by atoms with Crippen molar-refractivity contribution >= 4 is 28.8 Å². The third-order valence-corrected chi connectivity index (χ3v) is 3.79. The van der Waals surface area contributed by atoms with Gasteiger partial charge in [0.1, 0.15) is 17.0 Å². The molecule has 4 aromatic heterocycles. The highest BCUT2D eigenvalue weighted by molar-refractivity contribution is 5.83. The van der Waals surface area contributed by atoms with E-state index in [-0.39, 0.29) is 23.3 Å². The van der Waals surface area contributed by atoms with Crippen molar-refractivity contribution in [3.8, 4) is 0 Å². The molecule has 0 fully saturated rings. The molecule has 28 heavy (non-hydrogen) atoms. The third kappa shape index (κ3) is 3.17. The number of imidazole rings is 1. The van der Waals surface area contributed by atoms with E-state index in [1.807, 2.05) is 0 Å². The second-order valence-electron chi connectivity index (χ2n) is 5.63. The summed E-state index contributed by atoms with van der Waals surface area (Å²) < 4.78 is 85.1. The lowest BCUT2D eigenvalue weighted by molar-refractivity contribution is -0.144. The second kappa shape index (κ2) is 6.04. The van der Waals surface area contributed by atoms with Crippen LogP contribution in [0.4, 0.5) is 26.3 Å². The average molecular weight is 399 g/mol. The molecule has 0 aliphatic rings. The lowest BCUT2D eigenvalue weighted by atomic mass is 10.1. The van der Waals surface area contributed by atoms with Gasteiger partial charge in [-0.3, -0.25) is 4.40 Å². The molecule has 0 amide bonds. The van der Waals surface area contributed by atoms with Crippen LogP contribution in [0.3, 0.4) is 0 Å². The predicted octanol–water partition coefficient (Wildman–Crippen LogP) is 4.47. The number of nitrogens with zero attached hydrogens (tertiary/aromatic N) is 5. The number of hydrogen-bond donors (Lipinski definition) is 0. The Morgan fingerprint density at radius 2 is 1.75 bits per heavy atom. The van der Waals surface area contributed by atoms with Gasteiger partial charge in [0, 0.05) is 17.7 Å². The number of rotatable bonds is 2. The zero-order valence-electron chi connectivity index (χ0n) is 13.5. The first-order valence-corrected chi connectivity index (χ1v) is 7.54. The summed E-state index contributed by atoms with van der Waals surface area (Å²) >= 11 is 0. The normalized spacial score (nSPS) is 13.2. The molecule has 0 aromatic carbocycles. The van der Waals surface area contributed by atoms with E-state index in [0.717, 1.165) is 16.9 Å². The van der Waals surface area contributed by atoms with Gasteiger partial charge in [0.25, 0.3) is 0 Å². The SMILES string of the molecule is FC(F)(F)c1cc(C(F)(F)F)c2ccc3nc(/C=C/c4nnco4)cn3c2n1. The molecular weight excluding hydrogens is 392 g/mol. The van der Waals surface area contributed by atoms with Gasteiger partial charge in [0.2, 0.25) is 12.3 Å². The fraction of sp³-hybridized carbons (Fsp3) is 0.125. The van der Waals surface area contributed by atoms with Crippen LogP contribution in [-0.2, 0) is 12.4 Å². The largest absolute Gasteiger partial charge is 0.433 e. The Labute approximate surface area is 151 Å². The van der Waals surface area contributed by atoms with E-state index in [1.165, 1.54) is 24.4 Å². The van der Waals surface area contributed by atoms with Crippen molar-refractivity contribution in [2.45, 2.75) is 12.4 Å². The van der Waals surface area contributed by atoms with E-state index in [9.17, 15) is 26.3 Å². The minimum absolute atomic E-state index is 0.00147. The first kappa shape index (κ1) is 17.9. The van der Waals surface area contributed by atoms with Crippen LogP contribution in [0.2, 0.25) is 0 Å². The van der Waals surface area contributed by atoms with Crippen LogP contribution < -0.4 is 0 Å². The number of fused-ring (bicyclic) bond motifs is 3. The molecule has 0 radical (unpaired) electrons. The fourth-order valence-electron chi connectivity index (χ4n) is 2.62. The van der Waals surface area contributed by atoms with E-state index >= 15 is 0 Å². The van der Waals surface area contributed by atoms with Crippen LogP contribution in [0.25, 0.3) is 28.8 Å². The molecule has 0 aliphatic heterocycles. The Morgan fingerprint density at radius 3 is 2.39 bits per heavy atom. The Morgan fingerprint density at radius 1 is 0.964 bits per heavy atom. The van der Waals surface area contributed by atoms with E-state index < -0.39 is 34.6 Å². The van der Waals surface area contributed by atoms with Crippen molar-refractivity contribution in [2.75, 3.05) is 0 Å². The molecule has 6 nitrogen and oxygen atoms in total. The Balaban J connectivity index is 1.95. The Kier molecular flexibility index (Phi) is 3.87. The maximum absolute atomic E-state index is 13.3. The molecule has 0 bridgehead atoms. The maximum Gasteiger partial charge on any atom is 0.433 e. The van der Waals surface area contributed by atoms with Crippen molar-refractivity contribution in [1.29, 1.82) is 0 Å². The first-order valence-electron chi connectivity index (χ1n) is 7.54. The molecular formula is C16H7F6N5O. The summed E-state index contributed by atoms with van der Waals surface area (Å²) in [5.41, 5.74) is -3.21. The predicted molar refractivity (Wildman–Crippen MR) is 83.7 cm³/mol. The zero-order chi connectivity index (χ0) is 20.1. The smallest absolute Gasteiger partial charge is 0.424 e. The van der Waals surface area contributed by atoms with E-state index in [2.05, 4.69) is 20.2 Å². The molecule has 0 aliphatic carbocycles. The highest BCUT2D eigenvalue weighted by Crippen LogP contribution is 2.38. The number of halogens is 6. The van der Waals surface area contributed by atoms with Crippen LogP contribution >= 0.6 is 0 Å². The average Bonchev–Trinajstić information content (AvgIpc) is 3.26. The molecule has 4 heterocycles. The molecule has 0 spiro atoms. The molecule has 144 valence electrons. The van der Waals surface area contributed by atoms with Gasteiger partial charge in [0.15, 0.2) is 0 Å². The van der Waals surface area contributed by atoms with Crippen molar-refractivity contribution in [3.05, 3.63) is 53.6 Å². The van der Waals surface area contributed by atoms with Gasteiger partial charge in [-0.15, -0.1) is 10.2 Å². The summed E-state index contributed by atoms with van der Waals surface area (Å²) in [5.74, 6) is 0.152. The van der Waals surface area contributed by atoms with Gasteiger partial charge in [-0.05, 0) is 24.3 Å². The first-order chi connectivity index (χ1) is 13.1. The Hall–Kier alpha value is -3.44. The van der Waals surface area contributed by atoms with E-state index in [1.54, 1.807) is 0 Å². The third-order valence-electron chi connectivity index (χ3n) is 3.79. The minimum Gasteiger partial charge on any atom is -0.424 e. The molecule has 4 aromatic rings. The van der Waals surface area contributed by atoms with Crippen LogP contribution in [0, 0.1) is 0 Å². The second-order valence-corrected chi connectivity index (χ2v) is 5.63. The number of pyridine rings is 2. The minimum atomic E-state index is -5.04. The summed E-state index contributed by atoms with van der Waals surface area (Å²) in [6.45, 7) is 0. The van der Waals surface area contributed by atoms with Gasteiger partial charge < -0.3 is 4.42 Å². The van der Waals surface area contributed by atoms with E-state index in [0.29, 0.717) is 0 Å². The summed E-state index contributed by atoms with van der Waals surface area (Å²) in [4.78, 5) is 7.53. The van der Waals surface area contributed by atoms with Crippen LogP contribution in [0.5, 0.6) is 0 Å². The standard InChI is InChI=1S/C16H7F6N5O/c17-15(18,19)10-5-11(16(20,21)22)25-14-9(10)2-3-12-24-8(6-27(12)14)1-4-13-26-23-7-28-13/h1-7H/b4-1+. The molecule has 0 saturated heterocycles. The number of alkyl halides is 6. The van der Waals surface area contributed by atoms with Gasteiger partial charge in [-0.2, -0.15) is 26.3 Å². The molecule has 4 rings (SSSR count). The van der Waals surface area contributed by atoms with Crippen molar-refractivity contribution < 1.29 is 30.8 Å². The fourth-order valence-corrected chi connectivity index (χ4v) is 2.62. The molecule has 0 unspecified atom stereocenters. The molecule has 0 saturated carbocycles. The van der Waals surface area contributed by atoms with Gasteiger partial charge >= 0.3 is 12.4 Å². The van der Waals surface area contributed by atoms with Crippen molar-refractivity contribution in [1.82, 2.24) is 24.6 Å². The van der Waals surface area contributed by atoms with Crippen LogP contribution in [0.1, 0.15) is 22.8 Å². The molecule has 0 atom stereocenters. The topological polar surface area (TPSA) is 69.1 Å². The number of aromatic nitrogens is 5. The van der Waals surface area contributed by atoms with Gasteiger partial charge in [0.05, 0.1) is 11.3 Å². The summed E-state index contributed by atoms with van der Waals surface area (Å²) in [7, 11) is 0. The highest BCUT2D eigenvalue weighted by Gasteiger charge is 2.39. The number of hydrogen-bond acceptors (Lipinski definition) is 5. The van der Waals surface area contributed by atoms with Gasteiger partial charge in [-0.1, -0.05) is 0 Å². The lowest BCUT2D eigenvalue weighted by Crippen LogP contribution is -2.14. The zero-order valence-corrected chi connectivity index (χ0v) is 13.5. The Bertz CT molecular complexity index is 1190. The van der Waals surface area contributed by atoms with Crippen molar-refractivity contribution in [2.24, 2.45) is 0 Å². The highest BCUT2D eigenvalue weighted by atomic mass is 19.4. The summed E-state index contributed by atoms with van der Waals surface area (Å²) in [5, 5.41) is 6.60. The molecule has 0 N–H and O–H groups in total. The lowest BCUT2D eigenvalue weighted by Gasteiger charge is -2.14.